The van der Waals surface area contributed by atoms with E-state index in [-0.39, 0.29) is 11.8 Å². The summed E-state index contributed by atoms with van der Waals surface area (Å²) in [7, 11) is 0. The summed E-state index contributed by atoms with van der Waals surface area (Å²) in [5.41, 5.74) is 0.563. The number of halogens is 2. The molecule has 0 bridgehead atoms. The Morgan fingerprint density at radius 3 is 2.31 bits per heavy atom. The first-order valence-corrected chi connectivity index (χ1v) is 10.9. The number of hydrogen-bond donors (Lipinski definition) is 1. The molecule has 1 aromatic carbocycles. The second-order valence-corrected chi connectivity index (χ2v) is 9.90. The molecule has 1 heterocycles. The van der Waals surface area contributed by atoms with Crippen LogP contribution in [0.15, 0.2) is 18.2 Å². The lowest BCUT2D eigenvalue weighted by molar-refractivity contribution is -0.136. The van der Waals surface area contributed by atoms with Crippen LogP contribution in [0.25, 0.3) is 0 Å². The number of carbonyl (C=O) groups is 2. The van der Waals surface area contributed by atoms with Gasteiger partial charge in [0.2, 0.25) is 5.91 Å². The van der Waals surface area contributed by atoms with Gasteiger partial charge in [-0.05, 0) is 69.6 Å². The molecule has 0 spiro atoms. The van der Waals surface area contributed by atoms with Gasteiger partial charge in [-0.15, -0.1) is 0 Å². The van der Waals surface area contributed by atoms with Gasteiger partial charge in [0.1, 0.15) is 11.6 Å². The number of ether oxygens (including phenoxy) is 1. The van der Waals surface area contributed by atoms with Crippen molar-refractivity contribution in [2.24, 2.45) is 11.8 Å². The van der Waals surface area contributed by atoms with Crippen molar-refractivity contribution in [1.82, 2.24) is 10.2 Å². The van der Waals surface area contributed by atoms with Crippen LogP contribution in [0, 0.1) is 11.8 Å². The zero-order valence-electron chi connectivity index (χ0n) is 17.9. The Morgan fingerprint density at radius 1 is 1.17 bits per heavy atom. The van der Waals surface area contributed by atoms with E-state index in [0.717, 1.165) is 24.8 Å². The van der Waals surface area contributed by atoms with E-state index in [1.54, 1.807) is 20.8 Å². The molecule has 1 N–H and O–H groups in total. The molecule has 0 aromatic heterocycles. The van der Waals surface area contributed by atoms with Crippen LogP contribution in [0.5, 0.6) is 0 Å². The van der Waals surface area contributed by atoms with Gasteiger partial charge < -0.3 is 15.0 Å². The molecular formula is C22H32Cl2N2O3. The number of benzene rings is 1. The maximum atomic E-state index is 13.0. The fourth-order valence-corrected chi connectivity index (χ4v) is 3.82. The highest BCUT2D eigenvalue weighted by molar-refractivity contribution is 6.42. The molecule has 1 aliphatic heterocycles. The average Bonchev–Trinajstić information content (AvgIpc) is 2.61. The van der Waals surface area contributed by atoms with Crippen LogP contribution in [0.2, 0.25) is 10.0 Å². The number of piperidine rings is 1. The molecule has 1 unspecified atom stereocenters. The molecule has 1 atom stereocenters. The molecule has 0 saturated carbocycles. The third-order valence-electron chi connectivity index (χ3n) is 5.04. The van der Waals surface area contributed by atoms with E-state index >= 15 is 0 Å². The van der Waals surface area contributed by atoms with E-state index in [0.29, 0.717) is 29.1 Å². The largest absolute Gasteiger partial charge is 0.444 e. The molecule has 0 aliphatic carbocycles. The number of rotatable bonds is 5. The lowest BCUT2D eigenvalue weighted by Crippen LogP contribution is -2.53. The molecule has 1 aliphatic rings. The molecule has 1 aromatic rings. The van der Waals surface area contributed by atoms with Gasteiger partial charge in [-0.3, -0.25) is 4.79 Å². The Morgan fingerprint density at radius 2 is 1.79 bits per heavy atom. The SMILES string of the molecule is CC(C)C(NC(=O)OC(C)(C)C)C(=O)N1CCC(Cc2ccc(Cl)c(Cl)c2)CC1. The van der Waals surface area contributed by atoms with Gasteiger partial charge in [0.15, 0.2) is 0 Å². The van der Waals surface area contributed by atoms with Crippen molar-refractivity contribution >= 4 is 35.2 Å². The number of likely N-dealkylation sites (tertiary alicyclic amines) is 1. The Bertz CT molecular complexity index is 723. The van der Waals surface area contributed by atoms with E-state index in [2.05, 4.69) is 5.32 Å². The smallest absolute Gasteiger partial charge is 0.408 e. The summed E-state index contributed by atoms with van der Waals surface area (Å²) < 4.78 is 5.32. The summed E-state index contributed by atoms with van der Waals surface area (Å²) in [6.07, 6.45) is 2.20. The summed E-state index contributed by atoms with van der Waals surface area (Å²) in [5.74, 6) is 0.426. The van der Waals surface area contributed by atoms with Crippen molar-refractivity contribution < 1.29 is 14.3 Å². The van der Waals surface area contributed by atoms with Crippen molar-refractivity contribution in [3.63, 3.8) is 0 Å². The third kappa shape index (κ3) is 7.38. The fourth-order valence-electron chi connectivity index (χ4n) is 3.50. The summed E-state index contributed by atoms with van der Waals surface area (Å²) in [6, 6.07) is 5.16. The van der Waals surface area contributed by atoms with Gasteiger partial charge in [-0.1, -0.05) is 43.1 Å². The minimum Gasteiger partial charge on any atom is -0.444 e. The van der Waals surface area contributed by atoms with Crippen molar-refractivity contribution in [3.05, 3.63) is 33.8 Å². The van der Waals surface area contributed by atoms with E-state index < -0.39 is 17.7 Å². The average molecular weight is 443 g/mol. The van der Waals surface area contributed by atoms with Crippen LogP contribution in [0.3, 0.4) is 0 Å². The number of nitrogens with zero attached hydrogens (tertiary/aromatic N) is 1. The molecule has 5 nitrogen and oxygen atoms in total. The lowest BCUT2D eigenvalue weighted by Gasteiger charge is -2.35. The number of amides is 2. The third-order valence-corrected chi connectivity index (χ3v) is 5.78. The normalized spacial score (nSPS) is 16.6. The van der Waals surface area contributed by atoms with Gasteiger partial charge in [0.25, 0.3) is 0 Å². The van der Waals surface area contributed by atoms with Crippen LogP contribution < -0.4 is 5.32 Å². The standard InChI is InChI=1S/C22H32Cl2N2O3/c1-14(2)19(25-21(28)29-22(3,4)5)20(27)26-10-8-15(9-11-26)12-16-6-7-17(23)18(24)13-16/h6-7,13-15,19H,8-12H2,1-5H3,(H,25,28). The van der Waals surface area contributed by atoms with Crippen LogP contribution >= 0.6 is 23.2 Å². The maximum absolute atomic E-state index is 13.0. The lowest BCUT2D eigenvalue weighted by atomic mass is 9.89. The number of alkyl carbamates (subject to hydrolysis) is 1. The second kappa shape index (κ2) is 10.0. The predicted molar refractivity (Wildman–Crippen MR) is 117 cm³/mol. The Hall–Kier alpha value is -1.46. The first kappa shape index (κ1) is 23.8. The fraction of sp³-hybridized carbons (Fsp3) is 0.636. The van der Waals surface area contributed by atoms with Crippen LogP contribution in [0.4, 0.5) is 4.79 Å². The van der Waals surface area contributed by atoms with Gasteiger partial charge in [-0.25, -0.2) is 4.79 Å². The van der Waals surface area contributed by atoms with Gasteiger partial charge in [0, 0.05) is 13.1 Å². The molecule has 0 radical (unpaired) electrons. The van der Waals surface area contributed by atoms with Gasteiger partial charge >= 0.3 is 6.09 Å². The Balaban J connectivity index is 1.91. The monoisotopic (exact) mass is 442 g/mol. The predicted octanol–water partition coefficient (Wildman–Crippen LogP) is 5.32. The molecule has 1 saturated heterocycles. The first-order chi connectivity index (χ1) is 13.5. The van der Waals surface area contributed by atoms with Crippen molar-refractivity contribution in [3.8, 4) is 0 Å². The summed E-state index contributed by atoms with van der Waals surface area (Å²) >= 11 is 12.1. The highest BCUT2D eigenvalue weighted by Crippen LogP contribution is 2.27. The number of hydrogen-bond acceptors (Lipinski definition) is 3. The molecule has 29 heavy (non-hydrogen) atoms. The molecule has 1 fully saturated rings. The van der Waals surface area contributed by atoms with Crippen LogP contribution in [0.1, 0.15) is 53.0 Å². The highest BCUT2D eigenvalue weighted by Gasteiger charge is 2.32. The zero-order valence-corrected chi connectivity index (χ0v) is 19.4. The molecular weight excluding hydrogens is 411 g/mol. The van der Waals surface area contributed by atoms with Crippen LogP contribution in [-0.2, 0) is 16.0 Å². The second-order valence-electron chi connectivity index (χ2n) is 9.09. The highest BCUT2D eigenvalue weighted by atomic mass is 35.5. The van der Waals surface area contributed by atoms with Crippen molar-refractivity contribution in [1.29, 1.82) is 0 Å². The van der Waals surface area contributed by atoms with E-state index in [4.69, 9.17) is 27.9 Å². The minimum atomic E-state index is -0.600. The minimum absolute atomic E-state index is 0.0241. The van der Waals surface area contributed by atoms with Gasteiger partial charge in [-0.2, -0.15) is 0 Å². The summed E-state index contributed by atoms with van der Waals surface area (Å²) in [6.45, 7) is 10.6. The topological polar surface area (TPSA) is 58.6 Å². The molecule has 7 heteroatoms. The molecule has 2 amide bonds. The molecule has 2 rings (SSSR count). The quantitative estimate of drug-likeness (QED) is 0.670. The van der Waals surface area contributed by atoms with Crippen molar-refractivity contribution in [2.45, 2.75) is 65.5 Å². The number of nitrogens with one attached hydrogen (secondary N) is 1. The maximum Gasteiger partial charge on any atom is 0.408 e. The Labute approximate surface area is 184 Å². The number of carbonyl (C=O) groups excluding carboxylic acids is 2. The zero-order chi connectivity index (χ0) is 21.8. The van der Waals surface area contributed by atoms with E-state index in [1.165, 1.54) is 0 Å². The molecule has 162 valence electrons. The Kier molecular flexibility index (Phi) is 8.24. The van der Waals surface area contributed by atoms with E-state index in [1.807, 2.05) is 36.9 Å². The summed E-state index contributed by atoms with van der Waals surface area (Å²) in [4.78, 5) is 27.0. The van der Waals surface area contributed by atoms with Crippen molar-refractivity contribution in [2.75, 3.05) is 13.1 Å². The first-order valence-electron chi connectivity index (χ1n) is 10.2. The van der Waals surface area contributed by atoms with Crippen LogP contribution in [-0.4, -0.2) is 41.6 Å². The summed E-state index contributed by atoms with van der Waals surface area (Å²) in [5, 5.41) is 3.89. The van der Waals surface area contributed by atoms with E-state index in [9.17, 15) is 9.59 Å². The van der Waals surface area contributed by atoms with Gasteiger partial charge in [0.05, 0.1) is 10.0 Å².